The van der Waals surface area contributed by atoms with Gasteiger partial charge in [0.05, 0.1) is 4.90 Å². The number of hydrogen-bond donors (Lipinski definition) is 2. The van der Waals surface area contributed by atoms with Crippen molar-refractivity contribution in [3.05, 3.63) is 77.3 Å². The monoisotopic (exact) mass is 364 g/mol. The Hall–Kier alpha value is -2.15. The molecule has 0 saturated carbocycles. The number of carbonyl (C=O) groups is 1. The number of amides is 1. The molecule has 0 radical (unpaired) electrons. The van der Waals surface area contributed by atoms with Gasteiger partial charge in [0.15, 0.2) is 0 Å². The predicted molar refractivity (Wildman–Crippen MR) is 94.4 cm³/mol. The van der Waals surface area contributed by atoms with Gasteiger partial charge in [0, 0.05) is 23.7 Å². The minimum absolute atomic E-state index is 0.0959. The summed E-state index contributed by atoms with van der Waals surface area (Å²) in [5, 5.41) is 3.40. The number of halogens is 1. The molecule has 1 amide bonds. The molecule has 0 aliphatic heterocycles. The Morgan fingerprint density at radius 3 is 2.29 bits per heavy atom. The normalized spacial score (nSPS) is 11.0. The number of rotatable bonds is 7. The van der Waals surface area contributed by atoms with Crippen LogP contribution in [0.25, 0.3) is 0 Å². The molecular formula is C17H17ClN2O3S. The second-order valence-electron chi connectivity index (χ2n) is 4.97. The molecule has 0 fully saturated rings. The zero-order valence-electron chi connectivity index (χ0n) is 12.8. The number of nitrogens with one attached hydrogen (secondary N) is 2. The van der Waals surface area contributed by atoms with Crippen LogP contribution in [0.3, 0.4) is 0 Å². The molecule has 2 N–H and O–H groups in total. The Morgan fingerprint density at radius 1 is 1.08 bits per heavy atom. The molecule has 2 rings (SSSR count). The van der Waals surface area contributed by atoms with E-state index in [1.165, 1.54) is 30.3 Å². The first-order chi connectivity index (χ1) is 11.4. The van der Waals surface area contributed by atoms with Crippen molar-refractivity contribution in [2.75, 3.05) is 6.54 Å². The molecule has 0 saturated heterocycles. The smallest absolute Gasteiger partial charge is 0.251 e. The lowest BCUT2D eigenvalue weighted by molar-refractivity contribution is 0.0951. The van der Waals surface area contributed by atoms with Gasteiger partial charge in [-0.25, -0.2) is 13.1 Å². The van der Waals surface area contributed by atoms with Crippen LogP contribution in [0.1, 0.15) is 15.9 Å². The topological polar surface area (TPSA) is 75.3 Å². The van der Waals surface area contributed by atoms with Crippen LogP contribution < -0.4 is 10.0 Å². The second kappa shape index (κ2) is 8.10. The van der Waals surface area contributed by atoms with E-state index in [1.807, 2.05) is 12.1 Å². The highest BCUT2D eigenvalue weighted by Gasteiger charge is 2.13. The van der Waals surface area contributed by atoms with Crippen molar-refractivity contribution in [1.29, 1.82) is 0 Å². The summed E-state index contributed by atoms with van der Waals surface area (Å²) in [6.45, 7) is 3.96. The molecule has 0 aromatic heterocycles. The van der Waals surface area contributed by atoms with Gasteiger partial charge in [-0.2, -0.15) is 0 Å². The van der Waals surface area contributed by atoms with E-state index in [-0.39, 0.29) is 17.3 Å². The largest absolute Gasteiger partial charge is 0.348 e. The van der Waals surface area contributed by atoms with Crippen LogP contribution in [-0.4, -0.2) is 20.9 Å². The lowest BCUT2D eigenvalue weighted by atomic mass is 10.2. The number of sulfonamides is 1. The van der Waals surface area contributed by atoms with E-state index in [4.69, 9.17) is 11.6 Å². The zero-order valence-corrected chi connectivity index (χ0v) is 14.4. The highest BCUT2D eigenvalue weighted by molar-refractivity contribution is 7.89. The molecule has 0 unspecified atom stereocenters. The van der Waals surface area contributed by atoms with Gasteiger partial charge in [-0.1, -0.05) is 29.8 Å². The van der Waals surface area contributed by atoms with Crippen LogP contribution in [-0.2, 0) is 16.6 Å². The molecule has 7 heteroatoms. The zero-order chi connectivity index (χ0) is 17.6. The lowest BCUT2D eigenvalue weighted by Gasteiger charge is -2.07. The van der Waals surface area contributed by atoms with Gasteiger partial charge >= 0.3 is 0 Å². The molecule has 2 aromatic carbocycles. The SMILES string of the molecule is C=CCNS(=O)(=O)c1ccc(C(=O)NCc2ccc(Cl)cc2)cc1. The van der Waals surface area contributed by atoms with Gasteiger partial charge in [0.1, 0.15) is 0 Å². The first-order valence-corrected chi connectivity index (χ1v) is 9.02. The molecule has 0 atom stereocenters. The van der Waals surface area contributed by atoms with Crippen molar-refractivity contribution in [3.63, 3.8) is 0 Å². The molecule has 126 valence electrons. The molecule has 0 bridgehead atoms. The second-order valence-corrected chi connectivity index (χ2v) is 7.18. The summed E-state index contributed by atoms with van der Waals surface area (Å²) in [6.07, 6.45) is 1.45. The van der Waals surface area contributed by atoms with Crippen LogP contribution in [0.4, 0.5) is 0 Å². The first kappa shape index (κ1) is 18.2. The van der Waals surface area contributed by atoms with Gasteiger partial charge in [-0.05, 0) is 42.0 Å². The molecule has 0 aliphatic carbocycles. The number of hydrogen-bond acceptors (Lipinski definition) is 3. The Bertz CT molecular complexity index is 816. The van der Waals surface area contributed by atoms with Crippen LogP contribution in [0.15, 0.2) is 66.1 Å². The highest BCUT2D eigenvalue weighted by atomic mass is 35.5. The predicted octanol–water partition coefficient (Wildman–Crippen LogP) is 2.73. The maximum atomic E-state index is 12.1. The minimum Gasteiger partial charge on any atom is -0.348 e. The van der Waals surface area contributed by atoms with E-state index in [0.29, 0.717) is 17.1 Å². The highest BCUT2D eigenvalue weighted by Crippen LogP contribution is 2.12. The van der Waals surface area contributed by atoms with Crippen LogP contribution in [0.5, 0.6) is 0 Å². The summed E-state index contributed by atoms with van der Waals surface area (Å²) in [7, 11) is -3.59. The summed E-state index contributed by atoms with van der Waals surface area (Å²) < 4.78 is 26.2. The first-order valence-electron chi connectivity index (χ1n) is 7.15. The average molecular weight is 365 g/mol. The molecule has 0 aliphatic rings. The summed E-state index contributed by atoms with van der Waals surface area (Å²) in [5.41, 5.74) is 1.30. The van der Waals surface area contributed by atoms with Crippen molar-refractivity contribution in [1.82, 2.24) is 10.0 Å². The third kappa shape index (κ3) is 4.92. The maximum absolute atomic E-state index is 12.1. The average Bonchev–Trinajstić information content (AvgIpc) is 2.59. The number of carbonyl (C=O) groups excluding carboxylic acids is 1. The van der Waals surface area contributed by atoms with E-state index in [9.17, 15) is 13.2 Å². The van der Waals surface area contributed by atoms with Crippen molar-refractivity contribution in [2.45, 2.75) is 11.4 Å². The van der Waals surface area contributed by atoms with E-state index in [0.717, 1.165) is 5.56 Å². The summed E-state index contributed by atoms with van der Waals surface area (Å²) in [6, 6.07) is 12.9. The number of benzene rings is 2. The quantitative estimate of drug-likeness (QED) is 0.742. The fraction of sp³-hybridized carbons (Fsp3) is 0.118. The third-order valence-electron chi connectivity index (χ3n) is 3.21. The van der Waals surface area contributed by atoms with Crippen molar-refractivity contribution in [2.24, 2.45) is 0 Å². The summed E-state index contributed by atoms with van der Waals surface area (Å²) in [5.74, 6) is -0.284. The van der Waals surface area contributed by atoms with E-state index < -0.39 is 10.0 Å². The molecular weight excluding hydrogens is 348 g/mol. The van der Waals surface area contributed by atoms with E-state index in [2.05, 4.69) is 16.6 Å². The minimum atomic E-state index is -3.59. The van der Waals surface area contributed by atoms with Crippen LogP contribution >= 0.6 is 11.6 Å². The molecule has 0 spiro atoms. The molecule has 2 aromatic rings. The summed E-state index contributed by atoms with van der Waals surface area (Å²) >= 11 is 5.81. The van der Waals surface area contributed by atoms with Gasteiger partial charge in [0.25, 0.3) is 5.91 Å². The Morgan fingerprint density at radius 2 is 1.71 bits per heavy atom. The van der Waals surface area contributed by atoms with Crippen molar-refractivity contribution >= 4 is 27.5 Å². The van der Waals surface area contributed by atoms with E-state index in [1.54, 1.807) is 12.1 Å². The van der Waals surface area contributed by atoms with Crippen molar-refractivity contribution < 1.29 is 13.2 Å². The van der Waals surface area contributed by atoms with Gasteiger partial charge in [0.2, 0.25) is 10.0 Å². The summed E-state index contributed by atoms with van der Waals surface area (Å²) in [4.78, 5) is 12.2. The van der Waals surface area contributed by atoms with Crippen molar-refractivity contribution in [3.8, 4) is 0 Å². The fourth-order valence-corrected chi connectivity index (χ4v) is 3.05. The van der Waals surface area contributed by atoms with Crippen LogP contribution in [0.2, 0.25) is 5.02 Å². The van der Waals surface area contributed by atoms with Gasteiger partial charge < -0.3 is 5.32 Å². The van der Waals surface area contributed by atoms with Gasteiger partial charge in [-0.15, -0.1) is 6.58 Å². The third-order valence-corrected chi connectivity index (χ3v) is 4.90. The van der Waals surface area contributed by atoms with E-state index >= 15 is 0 Å². The maximum Gasteiger partial charge on any atom is 0.251 e. The standard InChI is InChI=1S/C17H17ClN2O3S/c1-2-11-20-24(22,23)16-9-5-14(6-10-16)17(21)19-12-13-3-7-15(18)8-4-13/h2-10,20H,1,11-12H2,(H,19,21). The lowest BCUT2D eigenvalue weighted by Crippen LogP contribution is -2.24. The van der Waals surface area contributed by atoms with Gasteiger partial charge in [-0.3, -0.25) is 4.79 Å². The van der Waals surface area contributed by atoms with Crippen LogP contribution in [0, 0.1) is 0 Å². The fourth-order valence-electron chi connectivity index (χ4n) is 1.92. The molecule has 0 heterocycles. The molecule has 5 nitrogen and oxygen atoms in total. The Labute approximate surface area is 146 Å². The Balaban J connectivity index is 2.00. The Kier molecular flexibility index (Phi) is 6.14. The molecule has 24 heavy (non-hydrogen) atoms.